The number of halogens is 4. The van der Waals surface area contributed by atoms with Crippen LogP contribution < -0.4 is 4.74 Å². The van der Waals surface area contributed by atoms with E-state index in [0.717, 1.165) is 29.0 Å². The van der Waals surface area contributed by atoms with E-state index >= 15 is 0 Å². The van der Waals surface area contributed by atoms with Crippen molar-refractivity contribution in [3.05, 3.63) is 81.7 Å². The number of ketones is 1. The van der Waals surface area contributed by atoms with Gasteiger partial charge in [0, 0.05) is 13.0 Å². The summed E-state index contributed by atoms with van der Waals surface area (Å²) in [6.07, 6.45) is -2.60. The number of benzene rings is 2. The summed E-state index contributed by atoms with van der Waals surface area (Å²) in [4.78, 5) is 12.9. The van der Waals surface area contributed by atoms with Gasteiger partial charge in [-0.1, -0.05) is 35.9 Å². The Morgan fingerprint density at radius 1 is 1.03 bits per heavy atom. The van der Waals surface area contributed by atoms with Gasteiger partial charge in [-0.05, 0) is 66.8 Å². The average Bonchev–Trinajstić information content (AvgIpc) is 3.52. The minimum absolute atomic E-state index is 0.122. The summed E-state index contributed by atoms with van der Waals surface area (Å²) < 4.78 is 71.4. The van der Waals surface area contributed by atoms with E-state index in [1.54, 1.807) is 12.1 Å². The third-order valence-corrected chi connectivity index (χ3v) is 9.56. The van der Waals surface area contributed by atoms with Crippen molar-refractivity contribution in [2.45, 2.75) is 48.7 Å². The van der Waals surface area contributed by atoms with Gasteiger partial charge in [0.2, 0.25) is 0 Å². The molecule has 1 aliphatic heterocycles. The molecule has 0 radical (unpaired) electrons. The normalized spacial score (nSPS) is 16.8. The maximum absolute atomic E-state index is 13.0. The first-order chi connectivity index (χ1) is 17.0. The number of Topliss-reactive ketones (excluding diaryl/α,β-unsaturated/α-hetero) is 1. The molecule has 36 heavy (non-hydrogen) atoms. The highest BCUT2D eigenvalue weighted by Crippen LogP contribution is 2.33. The molecule has 2 aromatic carbocycles. The second kappa shape index (κ2) is 10.9. The number of hydrogen-bond donors (Lipinski definition) is 0. The first-order valence-electron chi connectivity index (χ1n) is 11.2. The maximum atomic E-state index is 13.0. The lowest BCUT2D eigenvalue weighted by molar-refractivity contribution is -0.137. The summed E-state index contributed by atoms with van der Waals surface area (Å²) in [5.41, 5.74) is 0.792. The molecule has 5 nitrogen and oxygen atoms in total. The van der Waals surface area contributed by atoms with Crippen molar-refractivity contribution < 1.29 is 31.1 Å². The van der Waals surface area contributed by atoms with Crippen molar-refractivity contribution in [3.8, 4) is 5.75 Å². The van der Waals surface area contributed by atoms with Crippen LogP contribution in [0.2, 0.25) is 4.34 Å². The Morgan fingerprint density at radius 2 is 1.69 bits per heavy atom. The molecule has 1 aromatic heterocycles. The Kier molecular flexibility index (Phi) is 8.09. The predicted molar refractivity (Wildman–Crippen MR) is 132 cm³/mol. The third-order valence-electron chi connectivity index (χ3n) is 5.96. The van der Waals surface area contributed by atoms with Gasteiger partial charge in [-0.2, -0.15) is 17.5 Å². The number of alkyl halides is 3. The van der Waals surface area contributed by atoms with Crippen molar-refractivity contribution in [2.75, 3.05) is 6.54 Å². The van der Waals surface area contributed by atoms with Gasteiger partial charge in [-0.25, -0.2) is 8.42 Å². The van der Waals surface area contributed by atoms with Gasteiger partial charge >= 0.3 is 6.18 Å². The molecule has 3 aromatic rings. The second-order valence-corrected chi connectivity index (χ2v) is 12.3. The van der Waals surface area contributed by atoms with Crippen LogP contribution in [0.5, 0.6) is 5.75 Å². The second-order valence-electron chi connectivity index (χ2n) is 8.43. The minimum atomic E-state index is -4.38. The highest BCUT2D eigenvalue weighted by molar-refractivity contribution is 7.91. The highest BCUT2D eigenvalue weighted by atomic mass is 35.5. The minimum Gasteiger partial charge on any atom is -0.489 e. The number of rotatable bonds is 9. The van der Waals surface area contributed by atoms with E-state index in [1.165, 1.54) is 28.6 Å². The molecule has 0 N–H and O–H groups in total. The summed E-state index contributed by atoms with van der Waals surface area (Å²) in [5.74, 6) is 0.425. The van der Waals surface area contributed by atoms with Crippen LogP contribution >= 0.6 is 22.9 Å². The van der Waals surface area contributed by atoms with Gasteiger partial charge in [0.25, 0.3) is 10.0 Å². The van der Waals surface area contributed by atoms with Gasteiger partial charge in [-0.3, -0.25) is 4.79 Å². The number of sulfonamides is 1. The predicted octanol–water partition coefficient (Wildman–Crippen LogP) is 6.35. The highest BCUT2D eigenvalue weighted by Gasteiger charge is 2.39. The lowest BCUT2D eigenvalue weighted by Gasteiger charge is -2.22. The van der Waals surface area contributed by atoms with Crippen LogP contribution in [0.25, 0.3) is 0 Å². The molecular weight excluding hydrogens is 535 g/mol. The van der Waals surface area contributed by atoms with Crippen molar-refractivity contribution in [1.82, 2.24) is 4.31 Å². The summed E-state index contributed by atoms with van der Waals surface area (Å²) in [6, 6.07) is 14.2. The Balaban J connectivity index is 1.30. The van der Waals surface area contributed by atoms with Crippen LogP contribution in [0.1, 0.15) is 36.0 Å². The largest absolute Gasteiger partial charge is 0.489 e. The molecule has 0 bridgehead atoms. The zero-order valence-electron chi connectivity index (χ0n) is 19.0. The summed E-state index contributed by atoms with van der Waals surface area (Å²) in [6.45, 7) is 0.427. The monoisotopic (exact) mass is 557 g/mol. The van der Waals surface area contributed by atoms with Crippen LogP contribution in [-0.4, -0.2) is 31.1 Å². The molecule has 1 saturated heterocycles. The van der Waals surface area contributed by atoms with Crippen LogP contribution in [-0.2, 0) is 34.0 Å². The molecule has 1 atom stereocenters. The SMILES string of the molecule is O=C(CCc1ccc(OCc2ccc(C(F)(F)F)cc2)cc1)[C@@H]1CCCN1S(=O)(=O)c1ccc(Cl)s1. The number of carbonyl (C=O) groups excluding carboxylic acids is 1. The van der Waals surface area contributed by atoms with Crippen molar-refractivity contribution in [1.29, 1.82) is 0 Å². The summed E-state index contributed by atoms with van der Waals surface area (Å²) in [5, 5.41) is 0. The van der Waals surface area contributed by atoms with Crippen LogP contribution in [0, 0.1) is 0 Å². The number of hydrogen-bond acceptors (Lipinski definition) is 5. The molecule has 0 spiro atoms. The Morgan fingerprint density at radius 3 is 2.31 bits per heavy atom. The molecule has 1 fully saturated rings. The van der Waals surface area contributed by atoms with Gasteiger partial charge < -0.3 is 4.74 Å². The molecule has 0 amide bonds. The van der Waals surface area contributed by atoms with E-state index in [2.05, 4.69) is 0 Å². The number of aryl methyl sites for hydroxylation is 1. The van der Waals surface area contributed by atoms with Gasteiger partial charge in [0.15, 0.2) is 5.78 Å². The summed E-state index contributed by atoms with van der Waals surface area (Å²) in [7, 11) is -3.77. The molecule has 2 heterocycles. The topological polar surface area (TPSA) is 63.7 Å². The molecule has 0 aliphatic carbocycles. The van der Waals surface area contributed by atoms with Crippen molar-refractivity contribution in [3.63, 3.8) is 0 Å². The van der Waals surface area contributed by atoms with Crippen LogP contribution in [0.4, 0.5) is 13.2 Å². The molecule has 0 saturated carbocycles. The van der Waals surface area contributed by atoms with Crippen LogP contribution in [0.15, 0.2) is 64.9 Å². The fourth-order valence-electron chi connectivity index (χ4n) is 4.04. The van der Waals surface area contributed by atoms with Gasteiger partial charge in [-0.15, -0.1) is 11.3 Å². The van der Waals surface area contributed by atoms with E-state index in [4.69, 9.17) is 16.3 Å². The first-order valence-corrected chi connectivity index (χ1v) is 13.9. The molecular formula is C25H23ClF3NO4S2. The molecule has 4 rings (SSSR count). The van der Waals surface area contributed by atoms with Crippen LogP contribution in [0.3, 0.4) is 0 Å². The standard InChI is InChI=1S/C25H23ClF3NO4S2/c26-23-13-14-24(35-23)36(32,33)30-15-1-2-21(30)22(31)12-7-17-5-10-20(11-6-17)34-16-18-3-8-19(9-4-18)25(27,28)29/h3-6,8-11,13-14,21H,1-2,7,12,15-16H2/t21-/m0/s1. The first kappa shape index (κ1) is 26.7. The van der Waals surface area contributed by atoms with E-state index in [9.17, 15) is 26.4 Å². The average molecular weight is 558 g/mol. The Labute approximate surface area is 216 Å². The number of thiophene rings is 1. The molecule has 192 valence electrons. The van der Waals surface area contributed by atoms with E-state index in [-0.39, 0.29) is 23.0 Å². The molecule has 0 unspecified atom stereocenters. The fourth-order valence-corrected chi connectivity index (χ4v) is 7.33. The Hall–Kier alpha value is -2.40. The van der Waals surface area contributed by atoms with Crippen molar-refractivity contribution in [2.24, 2.45) is 0 Å². The number of ether oxygens (including phenoxy) is 1. The van der Waals surface area contributed by atoms with Gasteiger partial charge in [0.1, 0.15) is 16.6 Å². The number of carbonyl (C=O) groups is 1. The smallest absolute Gasteiger partial charge is 0.416 e. The van der Waals surface area contributed by atoms with E-state index < -0.39 is 27.8 Å². The fraction of sp³-hybridized carbons (Fsp3) is 0.320. The van der Waals surface area contributed by atoms with Crippen molar-refractivity contribution >= 4 is 38.7 Å². The van der Waals surface area contributed by atoms with Gasteiger partial charge in [0.05, 0.1) is 15.9 Å². The maximum Gasteiger partial charge on any atom is 0.416 e. The Bertz CT molecular complexity index is 1310. The lowest BCUT2D eigenvalue weighted by Crippen LogP contribution is -2.40. The summed E-state index contributed by atoms with van der Waals surface area (Å²) >= 11 is 6.87. The van der Waals surface area contributed by atoms with E-state index in [0.29, 0.717) is 41.5 Å². The number of nitrogens with zero attached hydrogens (tertiary/aromatic N) is 1. The zero-order chi connectivity index (χ0) is 25.9. The third kappa shape index (κ3) is 6.29. The lowest BCUT2D eigenvalue weighted by atomic mass is 10.0. The quantitative estimate of drug-likeness (QED) is 0.307. The molecule has 1 aliphatic rings. The zero-order valence-corrected chi connectivity index (χ0v) is 21.4. The molecule has 11 heteroatoms. The van der Waals surface area contributed by atoms with E-state index in [1.807, 2.05) is 12.1 Å².